The van der Waals surface area contributed by atoms with Crippen LogP contribution in [0.25, 0.3) is 0 Å². The summed E-state index contributed by atoms with van der Waals surface area (Å²) in [4.78, 5) is 0. The molecule has 0 N–H and O–H groups in total. The van der Waals surface area contributed by atoms with Crippen molar-refractivity contribution in [2.75, 3.05) is 14.1 Å². The molecule has 2 aromatic carbocycles. The van der Waals surface area contributed by atoms with Crippen molar-refractivity contribution >= 4 is 17.8 Å². The van der Waals surface area contributed by atoms with Crippen molar-refractivity contribution < 1.29 is 4.74 Å². The molecule has 4 heteroatoms. The minimum Gasteiger partial charge on any atom is -0.489 e. The quantitative estimate of drug-likeness (QED) is 0.617. The van der Waals surface area contributed by atoms with E-state index in [0.717, 1.165) is 21.9 Å². The SMILES string of the molecule is CN(C)N=Cc1ccc(OCc2ccccc2Cl)cc1. The van der Waals surface area contributed by atoms with Crippen LogP contribution in [-0.4, -0.2) is 25.3 Å². The molecule has 0 bridgehead atoms. The summed E-state index contributed by atoms with van der Waals surface area (Å²) in [6.07, 6.45) is 1.80. The van der Waals surface area contributed by atoms with Crippen LogP contribution in [-0.2, 0) is 6.61 Å². The van der Waals surface area contributed by atoms with E-state index in [-0.39, 0.29) is 0 Å². The zero-order valence-corrected chi connectivity index (χ0v) is 12.3. The van der Waals surface area contributed by atoms with Gasteiger partial charge in [-0.1, -0.05) is 29.8 Å². The molecule has 0 unspecified atom stereocenters. The Morgan fingerprint density at radius 3 is 2.45 bits per heavy atom. The highest BCUT2D eigenvalue weighted by Gasteiger charge is 2.00. The lowest BCUT2D eigenvalue weighted by molar-refractivity contribution is 0.306. The number of halogens is 1. The molecule has 0 aliphatic heterocycles. The molecule has 0 aliphatic rings. The van der Waals surface area contributed by atoms with Gasteiger partial charge >= 0.3 is 0 Å². The van der Waals surface area contributed by atoms with Crippen LogP contribution in [0, 0.1) is 0 Å². The number of rotatable bonds is 5. The first kappa shape index (κ1) is 14.4. The molecule has 2 rings (SSSR count). The average Bonchev–Trinajstić information content (AvgIpc) is 2.45. The number of hydrogen-bond donors (Lipinski definition) is 0. The van der Waals surface area contributed by atoms with Gasteiger partial charge < -0.3 is 9.75 Å². The predicted molar refractivity (Wildman–Crippen MR) is 83.5 cm³/mol. The van der Waals surface area contributed by atoms with Gasteiger partial charge in [-0.2, -0.15) is 5.10 Å². The monoisotopic (exact) mass is 288 g/mol. The van der Waals surface area contributed by atoms with Crippen LogP contribution in [0.15, 0.2) is 53.6 Å². The van der Waals surface area contributed by atoms with E-state index in [9.17, 15) is 0 Å². The van der Waals surface area contributed by atoms with Gasteiger partial charge in [0.15, 0.2) is 0 Å². The lowest BCUT2D eigenvalue weighted by Gasteiger charge is -2.08. The van der Waals surface area contributed by atoms with Crippen LogP contribution in [0.2, 0.25) is 5.02 Å². The van der Waals surface area contributed by atoms with Gasteiger partial charge in [0.2, 0.25) is 0 Å². The van der Waals surface area contributed by atoms with Gasteiger partial charge in [-0.3, -0.25) is 0 Å². The summed E-state index contributed by atoms with van der Waals surface area (Å²) in [5.41, 5.74) is 2.01. The normalized spacial score (nSPS) is 10.8. The Bertz CT molecular complexity index is 579. The van der Waals surface area contributed by atoms with E-state index in [1.54, 1.807) is 11.2 Å². The Morgan fingerprint density at radius 2 is 1.80 bits per heavy atom. The van der Waals surface area contributed by atoms with Crippen molar-refractivity contribution in [3.8, 4) is 5.75 Å². The first-order valence-corrected chi connectivity index (χ1v) is 6.70. The first-order chi connectivity index (χ1) is 9.65. The Balaban J connectivity index is 1.96. The summed E-state index contributed by atoms with van der Waals surface area (Å²) in [6, 6.07) is 15.5. The Morgan fingerprint density at radius 1 is 1.10 bits per heavy atom. The van der Waals surface area contributed by atoms with Gasteiger partial charge in [-0.25, -0.2) is 0 Å². The van der Waals surface area contributed by atoms with Crippen molar-refractivity contribution in [2.45, 2.75) is 6.61 Å². The largest absolute Gasteiger partial charge is 0.489 e. The van der Waals surface area contributed by atoms with E-state index >= 15 is 0 Å². The number of benzene rings is 2. The molecule has 0 aliphatic carbocycles. The summed E-state index contributed by atoms with van der Waals surface area (Å²) in [5.74, 6) is 0.812. The zero-order chi connectivity index (χ0) is 14.4. The van der Waals surface area contributed by atoms with Crippen molar-refractivity contribution in [1.29, 1.82) is 0 Å². The molecule has 2 aromatic rings. The van der Waals surface area contributed by atoms with Crippen molar-refractivity contribution in [2.24, 2.45) is 5.10 Å². The fourth-order valence-corrected chi connectivity index (χ4v) is 1.80. The second-order valence-corrected chi connectivity index (χ2v) is 4.95. The van der Waals surface area contributed by atoms with E-state index in [0.29, 0.717) is 6.61 Å². The van der Waals surface area contributed by atoms with Crippen LogP contribution >= 0.6 is 11.6 Å². The van der Waals surface area contributed by atoms with Crippen LogP contribution in [0.3, 0.4) is 0 Å². The molecule has 0 radical (unpaired) electrons. The Labute approximate surface area is 124 Å². The fourth-order valence-electron chi connectivity index (χ4n) is 1.61. The number of hydrogen-bond acceptors (Lipinski definition) is 3. The maximum atomic E-state index is 6.08. The molecular weight excluding hydrogens is 272 g/mol. The summed E-state index contributed by atoms with van der Waals surface area (Å²) in [7, 11) is 3.77. The van der Waals surface area contributed by atoms with Crippen molar-refractivity contribution in [3.05, 3.63) is 64.7 Å². The van der Waals surface area contributed by atoms with Crippen molar-refractivity contribution in [3.63, 3.8) is 0 Å². The van der Waals surface area contributed by atoms with Crippen molar-refractivity contribution in [1.82, 2.24) is 5.01 Å². The molecule has 104 valence electrons. The third-order valence-electron chi connectivity index (χ3n) is 2.67. The third kappa shape index (κ3) is 4.28. The van der Waals surface area contributed by atoms with Gasteiger partial charge in [0.05, 0.1) is 6.21 Å². The molecule has 0 amide bonds. The third-order valence-corrected chi connectivity index (χ3v) is 3.04. The zero-order valence-electron chi connectivity index (χ0n) is 11.6. The second-order valence-electron chi connectivity index (χ2n) is 4.54. The highest BCUT2D eigenvalue weighted by atomic mass is 35.5. The summed E-state index contributed by atoms with van der Waals surface area (Å²) in [5, 5.41) is 6.66. The second kappa shape index (κ2) is 6.96. The van der Waals surface area contributed by atoms with E-state index in [2.05, 4.69) is 5.10 Å². The van der Waals surface area contributed by atoms with Crippen LogP contribution in [0.4, 0.5) is 0 Å². The molecule has 0 saturated heterocycles. The van der Waals surface area contributed by atoms with Gasteiger partial charge in [-0.05, 0) is 35.9 Å². The average molecular weight is 289 g/mol. The molecule has 0 fully saturated rings. The standard InChI is InChI=1S/C16H17ClN2O/c1-19(2)18-11-13-7-9-15(10-8-13)20-12-14-5-3-4-6-16(14)17/h3-11H,12H2,1-2H3. The number of nitrogens with zero attached hydrogens (tertiary/aromatic N) is 2. The first-order valence-electron chi connectivity index (χ1n) is 6.33. The Kier molecular flexibility index (Phi) is 5.02. The molecule has 0 aromatic heterocycles. The molecule has 0 spiro atoms. The van der Waals surface area contributed by atoms with E-state index in [1.807, 2.05) is 62.6 Å². The maximum absolute atomic E-state index is 6.08. The lowest BCUT2D eigenvalue weighted by Crippen LogP contribution is -2.01. The van der Waals surface area contributed by atoms with Gasteiger partial charge in [0.25, 0.3) is 0 Å². The van der Waals surface area contributed by atoms with Gasteiger partial charge in [0.1, 0.15) is 12.4 Å². The highest BCUT2D eigenvalue weighted by molar-refractivity contribution is 6.31. The summed E-state index contributed by atoms with van der Waals surface area (Å²) >= 11 is 6.08. The molecule has 20 heavy (non-hydrogen) atoms. The lowest BCUT2D eigenvalue weighted by atomic mass is 10.2. The van der Waals surface area contributed by atoms with E-state index in [4.69, 9.17) is 16.3 Å². The molecular formula is C16H17ClN2O. The smallest absolute Gasteiger partial charge is 0.119 e. The van der Waals surface area contributed by atoms with Crippen LogP contribution < -0.4 is 4.74 Å². The van der Waals surface area contributed by atoms with E-state index in [1.165, 1.54) is 0 Å². The highest BCUT2D eigenvalue weighted by Crippen LogP contribution is 2.18. The number of hydrazone groups is 1. The summed E-state index contributed by atoms with van der Waals surface area (Å²) in [6.45, 7) is 0.463. The number of ether oxygens (including phenoxy) is 1. The van der Waals surface area contributed by atoms with Gasteiger partial charge in [-0.15, -0.1) is 0 Å². The minimum atomic E-state index is 0.463. The summed E-state index contributed by atoms with van der Waals surface area (Å²) < 4.78 is 5.71. The molecule has 0 saturated carbocycles. The van der Waals surface area contributed by atoms with Crippen LogP contribution in [0.1, 0.15) is 11.1 Å². The topological polar surface area (TPSA) is 24.8 Å². The van der Waals surface area contributed by atoms with E-state index < -0.39 is 0 Å². The fraction of sp³-hybridized carbons (Fsp3) is 0.188. The van der Waals surface area contributed by atoms with Gasteiger partial charge in [0, 0.05) is 24.7 Å². The van der Waals surface area contributed by atoms with Crippen LogP contribution in [0.5, 0.6) is 5.75 Å². The predicted octanol–water partition coefficient (Wildman–Crippen LogP) is 3.81. The Hall–Kier alpha value is -2.00. The maximum Gasteiger partial charge on any atom is 0.119 e. The minimum absolute atomic E-state index is 0.463. The molecule has 0 heterocycles. The molecule has 0 atom stereocenters. The molecule has 3 nitrogen and oxygen atoms in total.